The Hall–Kier alpha value is -4.60. The number of nitrogens with one attached hydrogen (secondary N) is 2. The van der Waals surface area contributed by atoms with Gasteiger partial charge in [-0.1, -0.05) is 75.2 Å². The van der Waals surface area contributed by atoms with Crippen molar-refractivity contribution in [2.45, 2.75) is 78.0 Å². The molecule has 1 aliphatic heterocycles. The van der Waals surface area contributed by atoms with Crippen LogP contribution in [0.1, 0.15) is 85.3 Å². The van der Waals surface area contributed by atoms with Crippen molar-refractivity contribution >= 4 is 28.8 Å². The molecule has 46 heavy (non-hydrogen) atoms. The van der Waals surface area contributed by atoms with Crippen molar-refractivity contribution in [3.05, 3.63) is 89.3 Å². The zero-order valence-electron chi connectivity index (χ0n) is 27.3. The highest BCUT2D eigenvalue weighted by Gasteiger charge is 2.31. The third-order valence-corrected chi connectivity index (χ3v) is 8.45. The number of likely N-dealkylation sites (tertiary alicyclic amines) is 1. The van der Waals surface area contributed by atoms with Gasteiger partial charge in [-0.2, -0.15) is 0 Å². The smallest absolute Gasteiger partial charge is 0.360 e. The van der Waals surface area contributed by atoms with Crippen LogP contribution in [0.4, 0.5) is 4.79 Å². The van der Waals surface area contributed by atoms with Gasteiger partial charge < -0.3 is 29.3 Å². The first-order valence-electron chi connectivity index (χ1n) is 16.3. The van der Waals surface area contributed by atoms with Crippen LogP contribution < -0.4 is 10.6 Å². The normalized spacial score (nSPS) is 14.9. The lowest BCUT2D eigenvalue weighted by Gasteiger charge is -2.27. The Kier molecular flexibility index (Phi) is 10.8. The average molecular weight is 628 g/mol. The Morgan fingerprint density at radius 1 is 0.957 bits per heavy atom. The van der Waals surface area contributed by atoms with Crippen molar-refractivity contribution in [1.29, 1.82) is 0 Å². The van der Waals surface area contributed by atoms with Gasteiger partial charge in [0.1, 0.15) is 24.5 Å². The summed E-state index contributed by atoms with van der Waals surface area (Å²) in [5.41, 5.74) is 2.97. The average Bonchev–Trinajstić information content (AvgIpc) is 3.44. The van der Waals surface area contributed by atoms with E-state index in [1.54, 1.807) is 6.92 Å². The second kappa shape index (κ2) is 15.1. The molecule has 1 aliphatic rings. The van der Waals surface area contributed by atoms with Gasteiger partial charge in [-0.3, -0.25) is 4.79 Å². The van der Waals surface area contributed by atoms with Crippen LogP contribution >= 0.6 is 0 Å². The first-order valence-corrected chi connectivity index (χ1v) is 16.3. The van der Waals surface area contributed by atoms with Crippen LogP contribution in [0.2, 0.25) is 0 Å². The summed E-state index contributed by atoms with van der Waals surface area (Å²) in [6.45, 7) is 7.18. The van der Waals surface area contributed by atoms with E-state index in [-0.39, 0.29) is 36.0 Å². The maximum absolute atomic E-state index is 14.0. The lowest BCUT2D eigenvalue weighted by atomic mass is 10.0. The zero-order chi connectivity index (χ0) is 32.6. The fraction of sp³-hybridized carbons (Fsp3) is 0.444. The molecule has 2 atom stereocenters. The van der Waals surface area contributed by atoms with Gasteiger partial charge in [-0.25, -0.2) is 14.6 Å². The SMILES string of the molecule is Cc1oc([C@@H](Cc2cn(C)c3ccccc23)NC(=O)[C@H](CC(C)C)NC(=O)N2CCCCCC2)nc1C(=O)OCc1ccccc1. The molecule has 2 N–H and O–H groups in total. The van der Waals surface area contributed by atoms with E-state index in [2.05, 4.69) is 15.6 Å². The predicted molar refractivity (Wildman–Crippen MR) is 176 cm³/mol. The van der Waals surface area contributed by atoms with E-state index in [0.717, 1.165) is 47.7 Å². The van der Waals surface area contributed by atoms with Gasteiger partial charge >= 0.3 is 12.0 Å². The number of aromatic nitrogens is 2. The molecule has 3 heterocycles. The number of esters is 1. The van der Waals surface area contributed by atoms with Crippen molar-refractivity contribution in [1.82, 2.24) is 25.1 Å². The van der Waals surface area contributed by atoms with Crippen LogP contribution in [0, 0.1) is 12.8 Å². The van der Waals surface area contributed by atoms with Crippen molar-refractivity contribution in [2.75, 3.05) is 13.1 Å². The number of amides is 3. The van der Waals surface area contributed by atoms with Crippen LogP contribution in [-0.4, -0.2) is 51.5 Å². The molecule has 0 aliphatic carbocycles. The van der Waals surface area contributed by atoms with Gasteiger partial charge in [-0.05, 0) is 49.3 Å². The zero-order valence-corrected chi connectivity index (χ0v) is 27.3. The molecule has 0 spiro atoms. The van der Waals surface area contributed by atoms with Gasteiger partial charge in [0.25, 0.3) is 0 Å². The van der Waals surface area contributed by atoms with Crippen LogP contribution in [-0.2, 0) is 29.6 Å². The minimum Gasteiger partial charge on any atom is -0.456 e. The molecule has 244 valence electrons. The topological polar surface area (TPSA) is 119 Å². The Bertz CT molecular complexity index is 1630. The number of para-hydroxylation sites is 1. The van der Waals surface area contributed by atoms with E-state index in [1.807, 2.05) is 91.2 Å². The largest absolute Gasteiger partial charge is 0.456 e. The Morgan fingerprint density at radius 3 is 2.37 bits per heavy atom. The number of nitrogens with zero attached hydrogens (tertiary/aromatic N) is 3. The van der Waals surface area contributed by atoms with E-state index < -0.39 is 18.1 Å². The number of urea groups is 1. The summed E-state index contributed by atoms with van der Waals surface area (Å²) < 4.78 is 13.6. The summed E-state index contributed by atoms with van der Waals surface area (Å²) in [7, 11) is 1.98. The molecular weight excluding hydrogens is 582 g/mol. The van der Waals surface area contributed by atoms with Crippen LogP contribution in [0.3, 0.4) is 0 Å². The predicted octanol–water partition coefficient (Wildman–Crippen LogP) is 6.23. The molecule has 1 saturated heterocycles. The minimum atomic E-state index is -0.753. The molecule has 4 aromatic rings. The third-order valence-electron chi connectivity index (χ3n) is 8.45. The van der Waals surface area contributed by atoms with E-state index in [9.17, 15) is 14.4 Å². The fourth-order valence-electron chi connectivity index (χ4n) is 6.04. The summed E-state index contributed by atoms with van der Waals surface area (Å²) in [6.07, 6.45) is 6.98. The number of ether oxygens (including phenoxy) is 1. The van der Waals surface area contributed by atoms with Crippen LogP contribution in [0.25, 0.3) is 10.9 Å². The van der Waals surface area contributed by atoms with Crippen LogP contribution in [0.15, 0.2) is 65.2 Å². The summed E-state index contributed by atoms with van der Waals surface area (Å²) in [5.74, 6) is -0.266. The summed E-state index contributed by atoms with van der Waals surface area (Å²) in [5, 5.41) is 7.19. The minimum absolute atomic E-state index is 0.0660. The molecule has 2 aromatic carbocycles. The van der Waals surface area contributed by atoms with E-state index >= 15 is 0 Å². The molecule has 0 unspecified atom stereocenters. The molecule has 10 heteroatoms. The molecule has 0 radical (unpaired) electrons. The monoisotopic (exact) mass is 627 g/mol. The maximum atomic E-state index is 14.0. The summed E-state index contributed by atoms with van der Waals surface area (Å²) in [4.78, 5) is 46.7. The second-order valence-electron chi connectivity index (χ2n) is 12.6. The van der Waals surface area contributed by atoms with Gasteiger partial charge in [0.05, 0.1) is 0 Å². The van der Waals surface area contributed by atoms with Crippen molar-refractivity contribution < 1.29 is 23.5 Å². The quantitative estimate of drug-likeness (QED) is 0.190. The number of hydrogen-bond donors (Lipinski definition) is 2. The highest BCUT2D eigenvalue weighted by molar-refractivity contribution is 5.89. The summed E-state index contributed by atoms with van der Waals surface area (Å²) >= 11 is 0. The van der Waals surface area contributed by atoms with Crippen molar-refractivity contribution in [3.63, 3.8) is 0 Å². The van der Waals surface area contributed by atoms with Crippen molar-refractivity contribution in [2.24, 2.45) is 13.0 Å². The number of hydrogen-bond acceptors (Lipinski definition) is 6. The number of carbonyl (C=O) groups is 3. The fourth-order valence-corrected chi connectivity index (χ4v) is 6.04. The van der Waals surface area contributed by atoms with Gasteiger partial charge in [0.2, 0.25) is 11.8 Å². The van der Waals surface area contributed by atoms with E-state index in [0.29, 0.717) is 31.7 Å². The van der Waals surface area contributed by atoms with Gasteiger partial charge in [-0.15, -0.1) is 0 Å². The second-order valence-corrected chi connectivity index (χ2v) is 12.6. The molecular formula is C36H45N5O5. The lowest BCUT2D eigenvalue weighted by molar-refractivity contribution is -0.124. The Balaban J connectivity index is 1.40. The highest BCUT2D eigenvalue weighted by atomic mass is 16.5. The first-order chi connectivity index (χ1) is 22.2. The number of oxazole rings is 1. The number of aryl methyl sites for hydroxylation is 2. The molecule has 10 nitrogen and oxygen atoms in total. The standard InChI is InChI=1S/C36H45N5O5/c1-24(2)20-29(38-36(44)41-18-12-5-6-13-19-41)33(42)37-30(21-27-22-40(4)31-17-11-10-16-28(27)31)34-39-32(25(3)46-34)35(43)45-23-26-14-8-7-9-15-26/h7-11,14-17,22,24,29-30H,5-6,12-13,18-21,23H2,1-4H3,(H,37,42)(H,38,44)/t29-,30+/m0/s1. The molecule has 2 aromatic heterocycles. The third kappa shape index (κ3) is 8.16. The maximum Gasteiger partial charge on any atom is 0.360 e. The van der Waals surface area contributed by atoms with Crippen molar-refractivity contribution in [3.8, 4) is 0 Å². The number of carbonyl (C=O) groups excluding carboxylic acids is 3. The molecule has 1 fully saturated rings. The van der Waals surface area contributed by atoms with E-state index in [4.69, 9.17) is 9.15 Å². The Labute approximate surface area is 270 Å². The van der Waals surface area contributed by atoms with E-state index in [1.165, 1.54) is 0 Å². The van der Waals surface area contributed by atoms with Gasteiger partial charge in [0, 0.05) is 43.7 Å². The number of fused-ring (bicyclic) bond motifs is 1. The summed E-state index contributed by atoms with van der Waals surface area (Å²) in [6, 6.07) is 15.8. The Morgan fingerprint density at radius 2 is 1.65 bits per heavy atom. The number of rotatable bonds is 11. The molecule has 0 saturated carbocycles. The number of benzene rings is 2. The highest BCUT2D eigenvalue weighted by Crippen LogP contribution is 2.27. The van der Waals surface area contributed by atoms with Gasteiger partial charge in [0.15, 0.2) is 5.69 Å². The molecule has 5 rings (SSSR count). The molecule has 0 bridgehead atoms. The molecule has 3 amide bonds. The lowest BCUT2D eigenvalue weighted by Crippen LogP contribution is -2.52. The van der Waals surface area contributed by atoms with Crippen LogP contribution in [0.5, 0.6) is 0 Å². The first kappa shape index (κ1) is 32.8.